The number of benzene rings is 1. The van der Waals surface area contributed by atoms with E-state index in [2.05, 4.69) is 0 Å². The predicted molar refractivity (Wildman–Crippen MR) is 75.8 cm³/mol. The fraction of sp³-hybridized carbons (Fsp3) is 0.400. The third-order valence-corrected chi connectivity index (χ3v) is 3.15. The van der Waals surface area contributed by atoms with E-state index in [1.165, 1.54) is 0 Å². The Bertz CT molecular complexity index is 454. The lowest BCUT2D eigenvalue weighted by Gasteiger charge is -2.12. The van der Waals surface area contributed by atoms with Crippen molar-refractivity contribution in [2.75, 3.05) is 19.7 Å². The lowest BCUT2D eigenvalue weighted by molar-refractivity contribution is -0.124. The number of carbonyl (C=O) groups excluding carboxylic acids is 1. The van der Waals surface area contributed by atoms with Crippen LogP contribution in [-0.2, 0) is 4.79 Å². The summed E-state index contributed by atoms with van der Waals surface area (Å²) in [5.41, 5.74) is 6.77. The van der Waals surface area contributed by atoms with E-state index in [4.69, 9.17) is 10.5 Å². The largest absolute Gasteiger partial charge is 0.494 e. The Labute approximate surface area is 113 Å². The summed E-state index contributed by atoms with van der Waals surface area (Å²) in [6.07, 6.45) is 4.32. The fourth-order valence-electron chi connectivity index (χ4n) is 2.10. The molecule has 1 aliphatic rings. The van der Waals surface area contributed by atoms with Gasteiger partial charge in [-0.15, -0.1) is 0 Å². The molecule has 1 amide bonds. The first-order chi connectivity index (χ1) is 9.19. The first-order valence-corrected chi connectivity index (χ1v) is 6.64. The molecular formula is C15H20N2O2. The zero-order chi connectivity index (χ0) is 13.7. The number of rotatable bonds is 4. The maximum absolute atomic E-state index is 11.9. The second kappa shape index (κ2) is 6.38. The van der Waals surface area contributed by atoms with Crippen molar-refractivity contribution in [2.45, 2.75) is 19.4 Å². The summed E-state index contributed by atoms with van der Waals surface area (Å²) in [5.74, 6) is 0.873. The van der Waals surface area contributed by atoms with Crippen LogP contribution in [-0.4, -0.2) is 36.5 Å². The van der Waals surface area contributed by atoms with E-state index < -0.39 is 0 Å². The summed E-state index contributed by atoms with van der Waals surface area (Å²) < 4.78 is 5.37. The molecule has 1 fully saturated rings. The van der Waals surface area contributed by atoms with Crippen molar-refractivity contribution in [1.82, 2.24) is 4.90 Å². The molecule has 0 aromatic heterocycles. The van der Waals surface area contributed by atoms with Gasteiger partial charge in [0.25, 0.3) is 0 Å². The highest BCUT2D eigenvalue weighted by molar-refractivity contribution is 5.92. The standard InChI is InChI=1S/C15H20N2O2/c1-2-19-14-6-3-12(4-7-14)5-8-15(18)17-10-9-13(16)11-17/h3-8,13H,2,9-11,16H2,1H3/b8-5+. The summed E-state index contributed by atoms with van der Waals surface area (Å²) >= 11 is 0. The first-order valence-electron chi connectivity index (χ1n) is 6.64. The van der Waals surface area contributed by atoms with Crippen molar-refractivity contribution >= 4 is 12.0 Å². The Balaban J connectivity index is 1.92. The minimum atomic E-state index is 0.0295. The van der Waals surface area contributed by atoms with Gasteiger partial charge in [0, 0.05) is 25.2 Å². The molecule has 0 radical (unpaired) electrons. The molecule has 1 unspecified atom stereocenters. The smallest absolute Gasteiger partial charge is 0.246 e. The molecule has 4 heteroatoms. The zero-order valence-corrected chi connectivity index (χ0v) is 11.2. The van der Waals surface area contributed by atoms with E-state index in [9.17, 15) is 4.79 Å². The number of ether oxygens (including phenoxy) is 1. The molecule has 2 rings (SSSR count). The molecule has 2 N–H and O–H groups in total. The molecule has 1 aromatic rings. The van der Waals surface area contributed by atoms with Gasteiger partial charge in [-0.25, -0.2) is 0 Å². The average molecular weight is 260 g/mol. The van der Waals surface area contributed by atoms with Crippen LogP contribution in [0.3, 0.4) is 0 Å². The van der Waals surface area contributed by atoms with E-state index in [0.29, 0.717) is 13.2 Å². The van der Waals surface area contributed by atoms with Gasteiger partial charge in [0.1, 0.15) is 5.75 Å². The maximum Gasteiger partial charge on any atom is 0.246 e. The van der Waals surface area contributed by atoms with Gasteiger partial charge in [0.2, 0.25) is 5.91 Å². The number of likely N-dealkylation sites (tertiary alicyclic amines) is 1. The van der Waals surface area contributed by atoms with E-state index in [1.807, 2.05) is 37.3 Å². The highest BCUT2D eigenvalue weighted by Crippen LogP contribution is 2.14. The Kier molecular flexibility index (Phi) is 4.58. The Morgan fingerprint density at radius 2 is 2.21 bits per heavy atom. The van der Waals surface area contributed by atoms with Crippen molar-refractivity contribution in [2.24, 2.45) is 5.73 Å². The zero-order valence-electron chi connectivity index (χ0n) is 11.2. The third kappa shape index (κ3) is 3.83. The van der Waals surface area contributed by atoms with E-state index in [-0.39, 0.29) is 11.9 Å². The normalized spacial score (nSPS) is 19.1. The van der Waals surface area contributed by atoms with Crippen LogP contribution in [0.15, 0.2) is 30.3 Å². The van der Waals surface area contributed by atoms with Crippen LogP contribution < -0.4 is 10.5 Å². The van der Waals surface area contributed by atoms with Gasteiger partial charge in [0.15, 0.2) is 0 Å². The van der Waals surface area contributed by atoms with Gasteiger partial charge in [0.05, 0.1) is 6.61 Å². The SMILES string of the molecule is CCOc1ccc(/C=C/C(=O)N2CCC(N)C2)cc1. The van der Waals surface area contributed by atoms with E-state index in [0.717, 1.165) is 24.3 Å². The van der Waals surface area contributed by atoms with E-state index >= 15 is 0 Å². The summed E-state index contributed by atoms with van der Waals surface area (Å²) in [6.45, 7) is 4.02. The van der Waals surface area contributed by atoms with Gasteiger partial charge in [-0.3, -0.25) is 4.79 Å². The van der Waals surface area contributed by atoms with Crippen LogP contribution in [0.25, 0.3) is 6.08 Å². The number of hydrogen-bond acceptors (Lipinski definition) is 3. The summed E-state index contributed by atoms with van der Waals surface area (Å²) in [4.78, 5) is 13.7. The quantitative estimate of drug-likeness (QED) is 0.838. The lowest BCUT2D eigenvalue weighted by atomic mass is 10.2. The molecule has 0 aliphatic carbocycles. The van der Waals surface area contributed by atoms with Crippen LogP contribution >= 0.6 is 0 Å². The topological polar surface area (TPSA) is 55.6 Å². The lowest BCUT2D eigenvalue weighted by Crippen LogP contribution is -2.30. The molecule has 0 spiro atoms. The van der Waals surface area contributed by atoms with Crippen LogP contribution in [0.2, 0.25) is 0 Å². The Hall–Kier alpha value is -1.81. The van der Waals surface area contributed by atoms with Gasteiger partial charge < -0.3 is 15.4 Å². The van der Waals surface area contributed by atoms with Gasteiger partial charge in [-0.05, 0) is 37.1 Å². The minimum absolute atomic E-state index is 0.0295. The van der Waals surface area contributed by atoms with Crippen molar-refractivity contribution in [3.05, 3.63) is 35.9 Å². The van der Waals surface area contributed by atoms with Crippen LogP contribution in [0.1, 0.15) is 18.9 Å². The highest BCUT2D eigenvalue weighted by Gasteiger charge is 2.21. The van der Waals surface area contributed by atoms with Crippen LogP contribution in [0.5, 0.6) is 5.75 Å². The molecule has 0 bridgehead atoms. The van der Waals surface area contributed by atoms with Crippen molar-refractivity contribution in [3.8, 4) is 5.75 Å². The second-order valence-corrected chi connectivity index (χ2v) is 4.67. The Morgan fingerprint density at radius 3 is 2.79 bits per heavy atom. The van der Waals surface area contributed by atoms with Gasteiger partial charge >= 0.3 is 0 Å². The average Bonchev–Trinajstić information content (AvgIpc) is 2.85. The molecule has 102 valence electrons. The molecule has 1 saturated heterocycles. The number of nitrogens with two attached hydrogens (primary N) is 1. The maximum atomic E-state index is 11.9. The van der Waals surface area contributed by atoms with Crippen molar-refractivity contribution < 1.29 is 9.53 Å². The minimum Gasteiger partial charge on any atom is -0.494 e. The summed E-state index contributed by atoms with van der Waals surface area (Å²) in [6, 6.07) is 7.80. The van der Waals surface area contributed by atoms with Gasteiger partial charge in [-0.2, -0.15) is 0 Å². The first kappa shape index (κ1) is 13.6. The molecule has 1 aliphatic heterocycles. The molecule has 4 nitrogen and oxygen atoms in total. The van der Waals surface area contributed by atoms with Crippen LogP contribution in [0.4, 0.5) is 0 Å². The summed E-state index contributed by atoms with van der Waals surface area (Å²) in [7, 11) is 0. The third-order valence-electron chi connectivity index (χ3n) is 3.15. The number of amides is 1. The highest BCUT2D eigenvalue weighted by atomic mass is 16.5. The Morgan fingerprint density at radius 1 is 1.47 bits per heavy atom. The number of carbonyl (C=O) groups is 1. The molecule has 1 aromatic carbocycles. The number of hydrogen-bond donors (Lipinski definition) is 1. The van der Waals surface area contributed by atoms with Crippen molar-refractivity contribution in [3.63, 3.8) is 0 Å². The molecular weight excluding hydrogens is 240 g/mol. The summed E-state index contributed by atoms with van der Waals surface area (Å²) in [5, 5.41) is 0. The van der Waals surface area contributed by atoms with Crippen molar-refractivity contribution in [1.29, 1.82) is 0 Å². The van der Waals surface area contributed by atoms with Crippen LogP contribution in [0, 0.1) is 0 Å². The molecule has 1 heterocycles. The predicted octanol–water partition coefficient (Wildman–Crippen LogP) is 1.66. The van der Waals surface area contributed by atoms with Gasteiger partial charge in [-0.1, -0.05) is 12.1 Å². The second-order valence-electron chi connectivity index (χ2n) is 4.67. The fourth-order valence-corrected chi connectivity index (χ4v) is 2.10. The number of nitrogens with zero attached hydrogens (tertiary/aromatic N) is 1. The molecule has 0 saturated carbocycles. The monoisotopic (exact) mass is 260 g/mol. The van der Waals surface area contributed by atoms with E-state index in [1.54, 1.807) is 11.0 Å². The molecule has 19 heavy (non-hydrogen) atoms. The molecule has 1 atom stereocenters.